The van der Waals surface area contributed by atoms with E-state index in [1.165, 1.54) is 0 Å². The number of hydrogen-bond acceptors (Lipinski definition) is 3. The molecule has 0 unspecified atom stereocenters. The molecule has 0 saturated carbocycles. The molecule has 0 bridgehead atoms. The topological polar surface area (TPSA) is 36.3 Å². The standard InChI is InChI=1S/C15H19BrN2O2/c1-4-11-15(16)12(18(5-2)17-11)10-20-14-9-7-6-8-13(14)19-3/h6-9H,4-5,10H2,1-3H3. The molecule has 0 amide bonds. The molecule has 4 nitrogen and oxygen atoms in total. The van der Waals surface area contributed by atoms with Crippen molar-refractivity contribution in [2.24, 2.45) is 0 Å². The zero-order valence-electron chi connectivity index (χ0n) is 12.0. The van der Waals surface area contributed by atoms with Crippen LogP contribution in [0.2, 0.25) is 0 Å². The Morgan fingerprint density at radius 1 is 1.20 bits per heavy atom. The van der Waals surface area contributed by atoms with Gasteiger partial charge in [0.1, 0.15) is 6.61 Å². The molecule has 5 heteroatoms. The predicted octanol–water partition coefficient (Wildman–Crippen LogP) is 3.82. The third-order valence-electron chi connectivity index (χ3n) is 3.13. The molecule has 0 saturated heterocycles. The largest absolute Gasteiger partial charge is 0.493 e. The summed E-state index contributed by atoms with van der Waals surface area (Å²) < 4.78 is 14.2. The summed E-state index contributed by atoms with van der Waals surface area (Å²) >= 11 is 3.62. The smallest absolute Gasteiger partial charge is 0.161 e. The summed E-state index contributed by atoms with van der Waals surface area (Å²) in [6.45, 7) is 5.45. The maximum atomic E-state index is 5.88. The minimum atomic E-state index is 0.460. The first kappa shape index (κ1) is 14.9. The second kappa shape index (κ2) is 6.79. The van der Waals surface area contributed by atoms with E-state index in [1.54, 1.807) is 7.11 Å². The summed E-state index contributed by atoms with van der Waals surface area (Å²) in [6.07, 6.45) is 0.898. The number of para-hydroxylation sites is 2. The summed E-state index contributed by atoms with van der Waals surface area (Å²) in [6, 6.07) is 7.65. The van der Waals surface area contributed by atoms with Crippen molar-refractivity contribution in [1.82, 2.24) is 9.78 Å². The summed E-state index contributed by atoms with van der Waals surface area (Å²) in [5.41, 5.74) is 2.11. The molecule has 0 aliphatic carbocycles. The third-order valence-corrected chi connectivity index (χ3v) is 4.04. The van der Waals surface area contributed by atoms with E-state index in [4.69, 9.17) is 9.47 Å². The van der Waals surface area contributed by atoms with Crippen LogP contribution >= 0.6 is 15.9 Å². The average Bonchev–Trinajstić information content (AvgIpc) is 2.81. The molecule has 0 aliphatic heterocycles. The van der Waals surface area contributed by atoms with Gasteiger partial charge >= 0.3 is 0 Å². The number of ether oxygens (including phenoxy) is 2. The second-order valence-electron chi connectivity index (χ2n) is 4.32. The number of nitrogens with zero attached hydrogens (tertiary/aromatic N) is 2. The minimum absolute atomic E-state index is 0.460. The van der Waals surface area contributed by atoms with Crippen LogP contribution in [0.3, 0.4) is 0 Å². The van der Waals surface area contributed by atoms with Gasteiger partial charge in [0.15, 0.2) is 11.5 Å². The average molecular weight is 339 g/mol. The lowest BCUT2D eigenvalue weighted by Crippen LogP contribution is -2.07. The van der Waals surface area contributed by atoms with E-state index in [-0.39, 0.29) is 0 Å². The molecular formula is C15H19BrN2O2. The highest BCUT2D eigenvalue weighted by molar-refractivity contribution is 9.10. The Morgan fingerprint density at radius 2 is 1.90 bits per heavy atom. The van der Waals surface area contributed by atoms with Gasteiger partial charge in [0, 0.05) is 6.54 Å². The number of aryl methyl sites for hydroxylation is 2. The van der Waals surface area contributed by atoms with Crippen LogP contribution in [0.25, 0.3) is 0 Å². The van der Waals surface area contributed by atoms with Crippen molar-refractivity contribution in [2.75, 3.05) is 7.11 Å². The fraction of sp³-hybridized carbons (Fsp3) is 0.400. The molecular weight excluding hydrogens is 320 g/mol. The van der Waals surface area contributed by atoms with Gasteiger partial charge < -0.3 is 9.47 Å². The van der Waals surface area contributed by atoms with Gasteiger partial charge in [-0.05, 0) is 41.4 Å². The van der Waals surface area contributed by atoms with Crippen molar-refractivity contribution >= 4 is 15.9 Å². The number of hydrogen-bond donors (Lipinski definition) is 0. The molecule has 20 heavy (non-hydrogen) atoms. The number of halogens is 1. The molecule has 1 aromatic heterocycles. The lowest BCUT2D eigenvalue weighted by Gasteiger charge is -2.11. The quantitative estimate of drug-likeness (QED) is 0.803. The number of methoxy groups -OCH3 is 1. The number of aromatic nitrogens is 2. The Labute approximate surface area is 127 Å². The Balaban J connectivity index is 2.20. The third kappa shape index (κ3) is 2.98. The van der Waals surface area contributed by atoms with Crippen molar-refractivity contribution < 1.29 is 9.47 Å². The summed E-state index contributed by atoms with van der Waals surface area (Å²) in [4.78, 5) is 0. The molecule has 0 spiro atoms. The van der Waals surface area contributed by atoms with Crippen molar-refractivity contribution in [3.05, 3.63) is 40.1 Å². The monoisotopic (exact) mass is 338 g/mol. The van der Waals surface area contributed by atoms with Gasteiger partial charge in [-0.25, -0.2) is 0 Å². The molecule has 0 N–H and O–H groups in total. The Bertz CT molecular complexity index is 581. The van der Waals surface area contributed by atoms with Crippen molar-refractivity contribution in [1.29, 1.82) is 0 Å². The van der Waals surface area contributed by atoms with Crippen LogP contribution in [0, 0.1) is 0 Å². The minimum Gasteiger partial charge on any atom is -0.493 e. The second-order valence-corrected chi connectivity index (χ2v) is 5.11. The fourth-order valence-electron chi connectivity index (χ4n) is 2.04. The lowest BCUT2D eigenvalue weighted by molar-refractivity contribution is 0.273. The zero-order valence-corrected chi connectivity index (χ0v) is 13.6. The zero-order chi connectivity index (χ0) is 14.5. The highest BCUT2D eigenvalue weighted by Gasteiger charge is 2.15. The van der Waals surface area contributed by atoms with E-state index in [9.17, 15) is 0 Å². The van der Waals surface area contributed by atoms with Gasteiger partial charge in [0.25, 0.3) is 0 Å². The van der Waals surface area contributed by atoms with Gasteiger partial charge in [-0.2, -0.15) is 5.10 Å². The first-order valence-electron chi connectivity index (χ1n) is 6.71. The molecule has 0 radical (unpaired) electrons. The van der Waals surface area contributed by atoms with Crippen LogP contribution in [0.15, 0.2) is 28.7 Å². The highest BCUT2D eigenvalue weighted by Crippen LogP contribution is 2.28. The molecule has 2 aromatic rings. The molecule has 0 fully saturated rings. The van der Waals surface area contributed by atoms with Gasteiger partial charge in [-0.1, -0.05) is 19.1 Å². The van der Waals surface area contributed by atoms with Crippen molar-refractivity contribution in [2.45, 2.75) is 33.4 Å². The maximum Gasteiger partial charge on any atom is 0.161 e. The Morgan fingerprint density at radius 3 is 2.50 bits per heavy atom. The SMILES string of the molecule is CCc1nn(CC)c(COc2ccccc2OC)c1Br. The molecule has 108 valence electrons. The fourth-order valence-corrected chi connectivity index (χ4v) is 2.72. The summed E-state index contributed by atoms with van der Waals surface area (Å²) in [7, 11) is 1.64. The van der Waals surface area contributed by atoms with E-state index >= 15 is 0 Å². The van der Waals surface area contributed by atoms with Gasteiger partial charge in [0.2, 0.25) is 0 Å². The first-order valence-corrected chi connectivity index (χ1v) is 7.50. The first-order chi connectivity index (χ1) is 9.71. The molecule has 0 aliphatic rings. The molecule has 2 rings (SSSR count). The number of rotatable bonds is 6. The molecule has 0 atom stereocenters. The Hall–Kier alpha value is -1.49. The summed E-state index contributed by atoms with van der Waals surface area (Å²) in [5, 5.41) is 4.56. The molecule has 1 aromatic carbocycles. The lowest BCUT2D eigenvalue weighted by atomic mass is 10.3. The Kier molecular flexibility index (Phi) is 5.06. The van der Waals surface area contributed by atoms with E-state index < -0.39 is 0 Å². The molecule has 1 heterocycles. The van der Waals surface area contributed by atoms with Gasteiger partial charge in [-0.3, -0.25) is 4.68 Å². The van der Waals surface area contributed by atoms with Crippen LogP contribution < -0.4 is 9.47 Å². The van der Waals surface area contributed by atoms with Gasteiger partial charge in [-0.15, -0.1) is 0 Å². The van der Waals surface area contributed by atoms with Crippen molar-refractivity contribution in [3.8, 4) is 11.5 Å². The normalized spacial score (nSPS) is 10.6. The highest BCUT2D eigenvalue weighted by atomic mass is 79.9. The van der Waals surface area contributed by atoms with Crippen LogP contribution in [0.1, 0.15) is 25.2 Å². The summed E-state index contributed by atoms with van der Waals surface area (Å²) in [5.74, 6) is 1.48. The van der Waals surface area contributed by atoms with Crippen molar-refractivity contribution in [3.63, 3.8) is 0 Å². The number of benzene rings is 1. The van der Waals surface area contributed by atoms with E-state index in [1.807, 2.05) is 28.9 Å². The van der Waals surface area contributed by atoms with Crippen LogP contribution in [-0.4, -0.2) is 16.9 Å². The van der Waals surface area contributed by atoms with Crippen LogP contribution in [-0.2, 0) is 19.6 Å². The van der Waals surface area contributed by atoms with E-state index in [0.29, 0.717) is 6.61 Å². The van der Waals surface area contributed by atoms with E-state index in [2.05, 4.69) is 34.9 Å². The van der Waals surface area contributed by atoms with Gasteiger partial charge in [0.05, 0.1) is 23.0 Å². The van der Waals surface area contributed by atoms with Crippen LogP contribution in [0.4, 0.5) is 0 Å². The van der Waals surface area contributed by atoms with E-state index in [0.717, 1.165) is 40.3 Å². The van der Waals surface area contributed by atoms with Crippen LogP contribution in [0.5, 0.6) is 11.5 Å². The predicted molar refractivity (Wildman–Crippen MR) is 82.3 cm³/mol. The maximum absolute atomic E-state index is 5.88.